The zero-order chi connectivity index (χ0) is 22.8. The summed E-state index contributed by atoms with van der Waals surface area (Å²) in [6, 6.07) is 27.6. The third kappa shape index (κ3) is 4.24. The Labute approximate surface area is 196 Å². The molecule has 172 valence electrons. The number of hydrogen-bond donors (Lipinski definition) is 1. The molecule has 0 aromatic heterocycles. The SMILES string of the molecule is O=S(=O)(c1ccccc1)N1CCCCN2[C@H](C1)[C@H](c1ccc(-c3ccccc3)cc1)[C@@H]2CO. The first kappa shape index (κ1) is 22.3. The van der Waals surface area contributed by atoms with E-state index in [-0.39, 0.29) is 24.6 Å². The van der Waals surface area contributed by atoms with E-state index in [0.29, 0.717) is 18.0 Å². The van der Waals surface area contributed by atoms with Crippen LogP contribution in [-0.2, 0) is 10.0 Å². The maximum Gasteiger partial charge on any atom is 0.243 e. The second kappa shape index (κ2) is 9.39. The van der Waals surface area contributed by atoms with Crippen LogP contribution in [0.2, 0.25) is 0 Å². The fraction of sp³-hybridized carbons (Fsp3) is 0.333. The second-order valence-electron chi connectivity index (χ2n) is 8.95. The van der Waals surface area contributed by atoms with Crippen LogP contribution in [0.4, 0.5) is 0 Å². The Morgan fingerprint density at radius 2 is 1.39 bits per heavy atom. The minimum atomic E-state index is -3.55. The number of benzene rings is 3. The van der Waals surface area contributed by atoms with E-state index in [9.17, 15) is 13.5 Å². The molecule has 5 rings (SSSR count). The number of rotatable bonds is 5. The van der Waals surface area contributed by atoms with Gasteiger partial charge in [0.2, 0.25) is 10.0 Å². The lowest BCUT2D eigenvalue weighted by atomic mass is 9.74. The molecule has 2 aliphatic rings. The summed E-state index contributed by atoms with van der Waals surface area (Å²) >= 11 is 0. The summed E-state index contributed by atoms with van der Waals surface area (Å²) < 4.78 is 28.4. The van der Waals surface area contributed by atoms with E-state index in [0.717, 1.165) is 30.5 Å². The first-order valence-corrected chi connectivity index (χ1v) is 13.1. The molecule has 0 aliphatic carbocycles. The topological polar surface area (TPSA) is 60.9 Å². The van der Waals surface area contributed by atoms with Crippen LogP contribution in [0.1, 0.15) is 24.3 Å². The number of nitrogens with zero attached hydrogens (tertiary/aromatic N) is 2. The minimum absolute atomic E-state index is 0.0250. The van der Waals surface area contributed by atoms with Crippen LogP contribution in [0.5, 0.6) is 0 Å². The van der Waals surface area contributed by atoms with Gasteiger partial charge in [-0.1, -0.05) is 72.8 Å². The van der Waals surface area contributed by atoms with Crippen LogP contribution in [0, 0.1) is 0 Å². The number of sulfonamides is 1. The Kier molecular flexibility index (Phi) is 6.34. The van der Waals surface area contributed by atoms with E-state index in [1.165, 1.54) is 5.56 Å². The molecular formula is C27H30N2O3S. The van der Waals surface area contributed by atoms with Gasteiger partial charge in [-0.05, 0) is 48.2 Å². The van der Waals surface area contributed by atoms with Gasteiger partial charge in [0.25, 0.3) is 0 Å². The third-order valence-corrected chi connectivity index (χ3v) is 9.00. The summed E-state index contributed by atoms with van der Waals surface area (Å²) in [4.78, 5) is 2.65. The Morgan fingerprint density at radius 3 is 2.06 bits per heavy atom. The highest BCUT2D eigenvalue weighted by Gasteiger charge is 2.50. The molecule has 0 spiro atoms. The van der Waals surface area contributed by atoms with Gasteiger partial charge in [-0.15, -0.1) is 0 Å². The van der Waals surface area contributed by atoms with Gasteiger partial charge in [0.1, 0.15) is 0 Å². The zero-order valence-electron chi connectivity index (χ0n) is 18.6. The normalized spacial score (nSPS) is 24.3. The van der Waals surface area contributed by atoms with Crippen molar-refractivity contribution < 1.29 is 13.5 Å². The first-order valence-electron chi connectivity index (χ1n) is 11.7. The highest BCUT2D eigenvalue weighted by atomic mass is 32.2. The highest BCUT2D eigenvalue weighted by molar-refractivity contribution is 7.89. The van der Waals surface area contributed by atoms with Gasteiger partial charge in [-0.2, -0.15) is 4.31 Å². The molecule has 0 unspecified atom stereocenters. The summed E-state index contributed by atoms with van der Waals surface area (Å²) in [5, 5.41) is 10.2. The van der Waals surface area contributed by atoms with E-state index in [2.05, 4.69) is 41.3 Å². The van der Waals surface area contributed by atoms with E-state index in [4.69, 9.17) is 0 Å². The molecule has 1 N–H and O–H groups in total. The lowest BCUT2D eigenvalue weighted by Gasteiger charge is -2.57. The van der Waals surface area contributed by atoms with E-state index in [1.807, 2.05) is 24.3 Å². The number of aliphatic hydroxyl groups excluding tert-OH is 1. The van der Waals surface area contributed by atoms with Gasteiger partial charge >= 0.3 is 0 Å². The Balaban J connectivity index is 1.42. The fourth-order valence-electron chi connectivity index (χ4n) is 5.40. The van der Waals surface area contributed by atoms with Crippen LogP contribution in [0.3, 0.4) is 0 Å². The quantitative estimate of drug-likeness (QED) is 0.623. The largest absolute Gasteiger partial charge is 0.395 e. The van der Waals surface area contributed by atoms with Crippen molar-refractivity contribution in [2.45, 2.75) is 35.7 Å². The predicted molar refractivity (Wildman–Crippen MR) is 130 cm³/mol. The molecule has 6 heteroatoms. The molecule has 3 aromatic carbocycles. The molecule has 2 fully saturated rings. The van der Waals surface area contributed by atoms with Crippen LogP contribution < -0.4 is 0 Å². The smallest absolute Gasteiger partial charge is 0.243 e. The van der Waals surface area contributed by atoms with Crippen molar-refractivity contribution >= 4 is 10.0 Å². The first-order chi connectivity index (χ1) is 16.1. The molecule has 0 saturated carbocycles. The second-order valence-corrected chi connectivity index (χ2v) is 10.9. The van der Waals surface area contributed by atoms with Gasteiger partial charge in [0.05, 0.1) is 11.5 Å². The number of hydrogen-bond acceptors (Lipinski definition) is 4. The minimum Gasteiger partial charge on any atom is -0.395 e. The van der Waals surface area contributed by atoms with Crippen molar-refractivity contribution in [1.29, 1.82) is 0 Å². The average molecular weight is 463 g/mol. The average Bonchev–Trinajstić information content (AvgIpc) is 2.84. The molecule has 0 amide bonds. The molecule has 2 heterocycles. The summed E-state index contributed by atoms with van der Waals surface area (Å²) in [5.74, 6) is 0.103. The summed E-state index contributed by atoms with van der Waals surface area (Å²) in [7, 11) is -3.55. The molecule has 3 atom stereocenters. The third-order valence-electron chi connectivity index (χ3n) is 7.12. The van der Waals surface area contributed by atoms with Crippen molar-refractivity contribution in [1.82, 2.24) is 9.21 Å². The molecule has 5 nitrogen and oxygen atoms in total. The lowest BCUT2D eigenvalue weighted by molar-refractivity contribution is -0.0553. The Hall–Kier alpha value is -2.51. The standard InChI is InChI=1S/C27H30N2O3S/c30-20-26-27(23-15-13-22(14-16-23)21-9-3-1-4-10-21)25-19-28(17-7-8-18-29(25)26)33(31,32)24-11-5-2-6-12-24/h1-6,9-16,25-27,30H,7-8,17-20H2/t25-,26+,27+/m1/s1. The maximum atomic E-state index is 13.4. The van der Waals surface area contributed by atoms with Gasteiger partial charge in [-0.25, -0.2) is 8.42 Å². The fourth-order valence-corrected chi connectivity index (χ4v) is 6.91. The van der Waals surface area contributed by atoms with Gasteiger partial charge in [0, 0.05) is 31.1 Å². The van der Waals surface area contributed by atoms with Crippen molar-refractivity contribution in [2.24, 2.45) is 0 Å². The van der Waals surface area contributed by atoms with Crippen molar-refractivity contribution in [3.05, 3.63) is 90.5 Å². The molecule has 0 bridgehead atoms. The van der Waals surface area contributed by atoms with Gasteiger partial charge in [-0.3, -0.25) is 4.90 Å². The molecule has 33 heavy (non-hydrogen) atoms. The van der Waals surface area contributed by atoms with Crippen molar-refractivity contribution in [2.75, 3.05) is 26.2 Å². The Morgan fingerprint density at radius 1 is 0.788 bits per heavy atom. The van der Waals surface area contributed by atoms with E-state index >= 15 is 0 Å². The molecular weight excluding hydrogens is 432 g/mol. The van der Waals surface area contributed by atoms with Gasteiger partial charge in [0.15, 0.2) is 0 Å². The van der Waals surface area contributed by atoms with E-state index < -0.39 is 10.0 Å². The van der Waals surface area contributed by atoms with E-state index in [1.54, 1.807) is 28.6 Å². The maximum absolute atomic E-state index is 13.4. The lowest BCUT2D eigenvalue weighted by Crippen LogP contribution is -2.67. The zero-order valence-corrected chi connectivity index (χ0v) is 19.4. The summed E-state index contributed by atoms with van der Waals surface area (Å²) in [5.41, 5.74) is 3.48. The summed E-state index contributed by atoms with van der Waals surface area (Å²) in [6.45, 7) is 1.95. The highest BCUT2D eigenvalue weighted by Crippen LogP contribution is 2.43. The van der Waals surface area contributed by atoms with Crippen LogP contribution >= 0.6 is 0 Å². The predicted octanol–water partition coefficient (Wildman–Crippen LogP) is 3.97. The van der Waals surface area contributed by atoms with Crippen molar-refractivity contribution in [3.8, 4) is 11.1 Å². The van der Waals surface area contributed by atoms with Crippen LogP contribution in [0.25, 0.3) is 11.1 Å². The number of fused-ring (bicyclic) bond motifs is 1. The monoisotopic (exact) mass is 462 g/mol. The Bertz CT molecular complexity index is 1170. The molecule has 2 saturated heterocycles. The number of aliphatic hydroxyl groups is 1. The molecule has 3 aromatic rings. The molecule has 2 aliphatic heterocycles. The van der Waals surface area contributed by atoms with Crippen LogP contribution in [-0.4, -0.2) is 61.1 Å². The van der Waals surface area contributed by atoms with Crippen LogP contribution in [0.15, 0.2) is 89.8 Å². The molecule has 0 radical (unpaired) electrons. The van der Waals surface area contributed by atoms with Crippen molar-refractivity contribution in [3.63, 3.8) is 0 Å². The summed E-state index contributed by atoms with van der Waals surface area (Å²) in [6.07, 6.45) is 1.75. The van der Waals surface area contributed by atoms with Gasteiger partial charge < -0.3 is 5.11 Å².